The Morgan fingerprint density at radius 2 is 1.61 bits per heavy atom. The molecule has 0 saturated heterocycles. The molecule has 5 nitrogen and oxygen atoms in total. The van der Waals surface area contributed by atoms with Crippen LogP contribution in [0.5, 0.6) is 0 Å². The Morgan fingerprint density at radius 1 is 1.04 bits per heavy atom. The van der Waals surface area contributed by atoms with E-state index in [2.05, 4.69) is 79.8 Å². The van der Waals surface area contributed by atoms with Crippen molar-refractivity contribution in [2.45, 2.75) is 6.92 Å². The maximum absolute atomic E-state index is 5.76. The van der Waals surface area contributed by atoms with Crippen molar-refractivity contribution in [3.8, 4) is 0 Å². The Kier molecular flexibility index (Phi) is 5.44. The summed E-state index contributed by atoms with van der Waals surface area (Å²) in [7, 11) is 10.3. The summed E-state index contributed by atoms with van der Waals surface area (Å²) in [5.41, 5.74) is 3.30. The Hall–Kier alpha value is -1.04. The molecule has 7 heteroatoms. The van der Waals surface area contributed by atoms with Crippen LogP contribution in [-0.4, -0.2) is 65.7 Å². The zero-order chi connectivity index (χ0) is 17.4. The van der Waals surface area contributed by atoms with Crippen LogP contribution in [0.1, 0.15) is 11.3 Å². The number of thiocarbonyl (C=S) groups is 1. The van der Waals surface area contributed by atoms with Gasteiger partial charge < -0.3 is 4.40 Å². The van der Waals surface area contributed by atoms with E-state index in [9.17, 15) is 0 Å². The molecule has 2 heterocycles. The highest BCUT2D eigenvalue weighted by atomic mass is 32.1. The van der Waals surface area contributed by atoms with Crippen LogP contribution in [0.3, 0.4) is 0 Å². The molecule has 0 fully saturated rings. The van der Waals surface area contributed by atoms with E-state index in [4.69, 9.17) is 17.0 Å². The second-order valence-electron chi connectivity index (χ2n) is 6.15. The molecule has 0 radical (unpaired) electrons. The Balaban J connectivity index is 2.68. The van der Waals surface area contributed by atoms with Crippen LogP contribution in [0.4, 0.5) is 0 Å². The van der Waals surface area contributed by atoms with Crippen molar-refractivity contribution in [3.05, 3.63) is 41.7 Å². The predicted molar refractivity (Wildman–Crippen MR) is 104 cm³/mol. The van der Waals surface area contributed by atoms with Gasteiger partial charge >= 0.3 is 0 Å². The smallest absolute Gasteiger partial charge is 0.172 e. The van der Waals surface area contributed by atoms with E-state index in [-0.39, 0.29) is 0 Å². The number of aryl methyl sites for hydroxylation is 1. The number of pyridine rings is 1. The quantitative estimate of drug-likeness (QED) is 0.622. The van der Waals surface area contributed by atoms with Crippen LogP contribution in [0.15, 0.2) is 35.2 Å². The summed E-state index contributed by atoms with van der Waals surface area (Å²) in [6.45, 7) is 2.09. The zero-order valence-corrected chi connectivity index (χ0v) is 16.7. The van der Waals surface area contributed by atoms with Crippen LogP contribution in [-0.2, 0) is 0 Å². The molecule has 0 amide bonds. The van der Waals surface area contributed by atoms with Crippen molar-refractivity contribution in [2.75, 3.05) is 42.3 Å². The van der Waals surface area contributed by atoms with Crippen molar-refractivity contribution in [3.63, 3.8) is 0 Å². The predicted octanol–water partition coefficient (Wildman–Crippen LogP) is 3.55. The number of aromatic nitrogens is 1. The molecule has 0 aliphatic heterocycles. The van der Waals surface area contributed by atoms with Crippen LogP contribution < -0.4 is 0 Å². The van der Waals surface area contributed by atoms with Gasteiger partial charge in [0.1, 0.15) is 0 Å². The van der Waals surface area contributed by atoms with E-state index in [1.165, 1.54) is 0 Å². The average Bonchev–Trinajstić information content (AvgIpc) is 2.79. The molecule has 0 spiro atoms. The van der Waals surface area contributed by atoms with E-state index in [1.807, 2.05) is 18.3 Å². The molecule has 0 aliphatic carbocycles. The molecular formula is C16H26N5PS. The van der Waals surface area contributed by atoms with Crippen molar-refractivity contribution >= 4 is 30.2 Å². The minimum atomic E-state index is -2.04. The number of fused-ring (bicyclic) bond motifs is 1. The molecule has 23 heavy (non-hydrogen) atoms. The first-order valence-corrected chi connectivity index (χ1v) is 9.49. The summed E-state index contributed by atoms with van der Waals surface area (Å²) in [6, 6.07) is 8.30. The van der Waals surface area contributed by atoms with Crippen LogP contribution >= 0.6 is 19.7 Å². The Labute approximate surface area is 144 Å². The molecule has 2 aromatic rings. The van der Waals surface area contributed by atoms with Crippen molar-refractivity contribution in [1.29, 1.82) is 0 Å². The normalized spacial score (nSPS) is 12.6. The molecular weight excluding hydrogens is 325 g/mol. The summed E-state index contributed by atoms with van der Waals surface area (Å²) in [4.78, 5) is 0.651. The van der Waals surface area contributed by atoms with Gasteiger partial charge in [0.05, 0.1) is 5.69 Å². The molecule has 0 bridgehead atoms. The van der Waals surface area contributed by atoms with E-state index < -0.39 is 7.51 Å². The summed E-state index contributed by atoms with van der Waals surface area (Å²) < 4.78 is 13.7. The van der Waals surface area contributed by atoms with Crippen molar-refractivity contribution in [1.82, 2.24) is 18.4 Å². The van der Waals surface area contributed by atoms with Gasteiger partial charge in [0.25, 0.3) is 0 Å². The van der Waals surface area contributed by atoms with Gasteiger partial charge in [-0.25, -0.2) is 4.74 Å². The first-order valence-electron chi connectivity index (χ1n) is 7.48. The molecule has 0 atom stereocenters. The average molecular weight is 351 g/mol. The largest absolute Gasteiger partial charge is 0.314 e. The van der Waals surface area contributed by atoms with E-state index in [0.29, 0.717) is 4.99 Å². The van der Waals surface area contributed by atoms with E-state index in [1.54, 1.807) is 0 Å². The highest BCUT2D eigenvalue weighted by Gasteiger charge is 2.29. The third kappa shape index (κ3) is 3.14. The minimum Gasteiger partial charge on any atom is -0.314 e. The first kappa shape index (κ1) is 18.3. The molecule has 0 aromatic carbocycles. The molecule has 126 valence electrons. The van der Waals surface area contributed by atoms with Crippen molar-refractivity contribution in [2.24, 2.45) is 4.74 Å². The fourth-order valence-corrected chi connectivity index (χ4v) is 6.65. The summed E-state index contributed by atoms with van der Waals surface area (Å²) in [5.74, 6) is 0. The third-order valence-electron chi connectivity index (χ3n) is 3.91. The molecule has 0 N–H and O–H groups in total. The lowest BCUT2D eigenvalue weighted by Gasteiger charge is -2.40. The minimum absolute atomic E-state index is 0.651. The Morgan fingerprint density at radius 3 is 2.13 bits per heavy atom. The number of nitrogens with zero attached hydrogens (tertiary/aromatic N) is 5. The molecule has 2 aromatic heterocycles. The lowest BCUT2D eigenvalue weighted by atomic mass is 10.3. The lowest BCUT2D eigenvalue weighted by Crippen LogP contribution is -2.31. The summed E-state index contributed by atoms with van der Waals surface area (Å²) >= 11 is 5.76. The number of rotatable bonds is 4. The highest BCUT2D eigenvalue weighted by Crippen LogP contribution is 2.55. The van der Waals surface area contributed by atoms with Gasteiger partial charge in [-0.1, -0.05) is 18.3 Å². The molecule has 0 saturated carbocycles. The SMILES string of the molecule is Cc1cc2ccccn2c1C(=S)N=P(N(C)C)(N(C)C)N(C)C. The molecule has 0 aliphatic rings. The number of hydrogen-bond acceptors (Lipinski definition) is 1. The lowest BCUT2D eigenvalue weighted by molar-refractivity contribution is 0.475. The van der Waals surface area contributed by atoms with E-state index >= 15 is 0 Å². The van der Waals surface area contributed by atoms with Gasteiger partial charge in [-0.05, 0) is 73.0 Å². The maximum Gasteiger partial charge on any atom is 0.172 e. The highest BCUT2D eigenvalue weighted by molar-refractivity contribution is 7.81. The molecule has 2 rings (SSSR count). The first-order chi connectivity index (χ1) is 10.7. The topological polar surface area (TPSA) is 26.5 Å². The van der Waals surface area contributed by atoms with Crippen molar-refractivity contribution < 1.29 is 0 Å². The van der Waals surface area contributed by atoms with Gasteiger partial charge in [-0.15, -0.1) is 0 Å². The summed E-state index contributed by atoms with van der Waals surface area (Å²) in [5, 5.41) is 0. The second-order valence-corrected chi connectivity index (χ2v) is 10.2. The monoisotopic (exact) mass is 351 g/mol. The Bertz CT molecular complexity index is 747. The van der Waals surface area contributed by atoms with Gasteiger partial charge in [-0.3, -0.25) is 14.0 Å². The second kappa shape index (κ2) is 6.83. The van der Waals surface area contributed by atoms with Gasteiger partial charge in [0.2, 0.25) is 0 Å². The van der Waals surface area contributed by atoms with Crippen LogP contribution in [0.25, 0.3) is 5.52 Å². The van der Waals surface area contributed by atoms with Gasteiger partial charge in [0.15, 0.2) is 12.5 Å². The van der Waals surface area contributed by atoms with E-state index in [0.717, 1.165) is 16.8 Å². The molecule has 0 unspecified atom stereocenters. The van der Waals surface area contributed by atoms with Crippen LogP contribution in [0.2, 0.25) is 0 Å². The fraction of sp³-hybridized carbons (Fsp3) is 0.438. The van der Waals surface area contributed by atoms with Gasteiger partial charge in [0, 0.05) is 11.7 Å². The summed E-state index contributed by atoms with van der Waals surface area (Å²) in [6.07, 6.45) is 2.04. The fourth-order valence-electron chi connectivity index (χ4n) is 3.04. The van der Waals surface area contributed by atoms with Gasteiger partial charge in [-0.2, -0.15) is 0 Å². The number of hydrogen-bond donors (Lipinski definition) is 0. The van der Waals surface area contributed by atoms with Crippen LogP contribution in [0, 0.1) is 6.92 Å². The standard InChI is InChI=1S/C16H26N5PS/c1-13-12-14-10-8-9-11-21(14)15(13)16(23)17-22(18(2)3,19(4)5)20(6)7/h8-12H,1-7H3. The third-order valence-corrected chi connectivity index (χ3v) is 8.02. The zero-order valence-electron chi connectivity index (χ0n) is 15.0. The maximum atomic E-state index is 5.76.